The van der Waals surface area contributed by atoms with Crippen molar-refractivity contribution in [3.8, 4) is 0 Å². The molecule has 31 heavy (non-hydrogen) atoms. The van der Waals surface area contributed by atoms with Crippen molar-refractivity contribution in [1.82, 2.24) is 0 Å². The van der Waals surface area contributed by atoms with Crippen LogP contribution >= 0.6 is 0 Å². The Labute approximate surface area is 185 Å². The molecule has 178 valence electrons. The fourth-order valence-corrected chi connectivity index (χ4v) is 5.86. The number of esters is 2. The second kappa shape index (κ2) is 9.59. The second-order valence-electron chi connectivity index (χ2n) is 10.3. The number of rotatable bonds is 7. The molecule has 0 aliphatic heterocycles. The van der Waals surface area contributed by atoms with E-state index in [0.717, 1.165) is 24.8 Å². The summed E-state index contributed by atoms with van der Waals surface area (Å²) in [6.45, 7) is 11.1. The lowest BCUT2D eigenvalue weighted by molar-refractivity contribution is -0.263. The van der Waals surface area contributed by atoms with E-state index in [9.17, 15) is 24.9 Å². The molecule has 0 radical (unpaired) electrons. The Hall–Kier alpha value is -1.44. The summed E-state index contributed by atoms with van der Waals surface area (Å²) in [6, 6.07) is 0. The van der Waals surface area contributed by atoms with Gasteiger partial charge in [0.1, 0.15) is 19.3 Å². The summed E-state index contributed by atoms with van der Waals surface area (Å²) >= 11 is 0. The maximum atomic E-state index is 11.3. The van der Waals surface area contributed by atoms with Gasteiger partial charge in [-0.05, 0) is 67.9 Å². The van der Waals surface area contributed by atoms with Crippen LogP contribution in [0.25, 0.3) is 0 Å². The molecule has 0 aromatic carbocycles. The van der Waals surface area contributed by atoms with Gasteiger partial charge >= 0.3 is 11.9 Å². The Morgan fingerprint density at radius 1 is 1.10 bits per heavy atom. The Bertz CT molecular complexity index is 700. The van der Waals surface area contributed by atoms with Crippen LogP contribution in [0, 0.1) is 22.7 Å². The minimum absolute atomic E-state index is 0.0144. The fraction of sp³-hybridized carbons (Fsp3) is 0.833. The van der Waals surface area contributed by atoms with Crippen LogP contribution in [0.2, 0.25) is 0 Å². The third-order valence-electron chi connectivity index (χ3n) is 8.47. The van der Waals surface area contributed by atoms with Crippen molar-refractivity contribution in [2.45, 2.75) is 91.5 Å². The first-order valence-corrected chi connectivity index (χ1v) is 11.3. The van der Waals surface area contributed by atoms with Gasteiger partial charge in [-0.1, -0.05) is 20.8 Å². The van der Waals surface area contributed by atoms with E-state index in [-0.39, 0.29) is 36.5 Å². The van der Waals surface area contributed by atoms with Crippen LogP contribution in [-0.4, -0.2) is 58.3 Å². The monoisotopic (exact) mass is 440 g/mol. The Morgan fingerprint density at radius 3 is 2.29 bits per heavy atom. The van der Waals surface area contributed by atoms with Crippen molar-refractivity contribution in [2.75, 3.05) is 13.2 Å². The zero-order valence-corrected chi connectivity index (χ0v) is 19.8. The van der Waals surface area contributed by atoms with Gasteiger partial charge in [-0.3, -0.25) is 9.59 Å². The third kappa shape index (κ3) is 5.15. The average Bonchev–Trinajstić information content (AvgIpc) is 2.67. The van der Waals surface area contributed by atoms with E-state index in [4.69, 9.17) is 9.47 Å². The fourth-order valence-electron chi connectivity index (χ4n) is 5.86. The van der Waals surface area contributed by atoms with Gasteiger partial charge < -0.3 is 24.8 Å². The van der Waals surface area contributed by atoms with Gasteiger partial charge in [-0.25, -0.2) is 0 Å². The number of ether oxygens (including phenoxy) is 2. The smallest absolute Gasteiger partial charge is 0.302 e. The number of aliphatic hydroxyl groups excluding tert-OH is 2. The highest BCUT2D eigenvalue weighted by Crippen LogP contribution is 2.64. The molecule has 0 heterocycles. The lowest BCUT2D eigenvalue weighted by Crippen LogP contribution is -2.68. The number of carbonyl (C=O) groups is 2. The Balaban J connectivity index is 2.26. The molecule has 2 rings (SSSR count). The van der Waals surface area contributed by atoms with Crippen LogP contribution in [-0.2, 0) is 19.1 Å². The average molecular weight is 441 g/mol. The minimum atomic E-state index is -1.39. The van der Waals surface area contributed by atoms with Crippen molar-refractivity contribution in [3.63, 3.8) is 0 Å². The number of aliphatic hydroxyl groups is 3. The number of fused-ring (bicyclic) bond motifs is 1. The van der Waals surface area contributed by atoms with Crippen LogP contribution in [0.3, 0.4) is 0 Å². The Kier molecular flexibility index (Phi) is 7.99. The summed E-state index contributed by atoms with van der Waals surface area (Å²) in [6.07, 6.45) is 3.18. The molecule has 7 atom stereocenters. The van der Waals surface area contributed by atoms with E-state index in [2.05, 4.69) is 13.8 Å². The van der Waals surface area contributed by atoms with Crippen LogP contribution in [0.4, 0.5) is 0 Å². The molecule has 2 saturated carbocycles. The maximum absolute atomic E-state index is 11.3. The quantitative estimate of drug-likeness (QED) is 0.412. The molecule has 0 aromatic heterocycles. The highest BCUT2D eigenvalue weighted by atomic mass is 16.5. The molecule has 0 saturated heterocycles. The van der Waals surface area contributed by atoms with E-state index >= 15 is 0 Å². The minimum Gasteiger partial charge on any atom is -0.462 e. The summed E-state index contributed by atoms with van der Waals surface area (Å²) in [7, 11) is 0. The Morgan fingerprint density at radius 2 is 1.71 bits per heavy atom. The molecule has 2 fully saturated rings. The van der Waals surface area contributed by atoms with Crippen LogP contribution in [0.1, 0.15) is 73.6 Å². The molecule has 2 aliphatic rings. The van der Waals surface area contributed by atoms with Crippen molar-refractivity contribution >= 4 is 11.9 Å². The van der Waals surface area contributed by atoms with Crippen molar-refractivity contribution in [3.05, 3.63) is 11.6 Å². The molecule has 0 amide bonds. The molecule has 7 unspecified atom stereocenters. The predicted molar refractivity (Wildman–Crippen MR) is 116 cm³/mol. The van der Waals surface area contributed by atoms with Gasteiger partial charge in [0, 0.05) is 19.3 Å². The molecule has 0 aromatic rings. The maximum Gasteiger partial charge on any atom is 0.302 e. The normalized spacial score (nSPS) is 40.7. The zero-order valence-electron chi connectivity index (χ0n) is 19.8. The van der Waals surface area contributed by atoms with Crippen molar-refractivity contribution < 1.29 is 34.4 Å². The number of hydrogen-bond donors (Lipinski definition) is 3. The van der Waals surface area contributed by atoms with Gasteiger partial charge in [0.05, 0.1) is 11.7 Å². The van der Waals surface area contributed by atoms with E-state index in [1.54, 1.807) is 13.0 Å². The van der Waals surface area contributed by atoms with Gasteiger partial charge in [0.15, 0.2) is 0 Å². The van der Waals surface area contributed by atoms with Gasteiger partial charge in [0.25, 0.3) is 0 Å². The van der Waals surface area contributed by atoms with Crippen LogP contribution in [0.5, 0.6) is 0 Å². The first-order valence-electron chi connectivity index (χ1n) is 11.3. The van der Waals surface area contributed by atoms with Gasteiger partial charge in [-0.15, -0.1) is 0 Å². The topological polar surface area (TPSA) is 113 Å². The summed E-state index contributed by atoms with van der Waals surface area (Å²) in [4.78, 5) is 22.4. The molecule has 3 N–H and O–H groups in total. The summed E-state index contributed by atoms with van der Waals surface area (Å²) in [5.41, 5.74) is -1.23. The molecular formula is C24H40O7. The molecule has 0 spiro atoms. The molecule has 7 nitrogen and oxygen atoms in total. The van der Waals surface area contributed by atoms with Crippen LogP contribution < -0.4 is 0 Å². The SMILES string of the molecule is CC(=O)OCC=C(CCC1(C)C(C)CCC2(C)C1CC(O)C(O)C2(C)O)COC(C)=O. The molecule has 0 bridgehead atoms. The summed E-state index contributed by atoms with van der Waals surface area (Å²) in [5.74, 6) is -0.375. The highest BCUT2D eigenvalue weighted by Gasteiger charge is 2.64. The van der Waals surface area contributed by atoms with E-state index in [0.29, 0.717) is 18.8 Å². The standard InChI is InChI=1S/C24H40O7/c1-15-7-11-23(5)20(13-19(27)21(28)24(23,6)29)22(15,4)10-8-18(14-31-17(3)26)9-12-30-16(2)25/h9,15,19-21,27-29H,7-8,10-14H2,1-6H3. The summed E-state index contributed by atoms with van der Waals surface area (Å²) in [5, 5.41) is 32.3. The first kappa shape index (κ1) is 25.8. The molecular weight excluding hydrogens is 400 g/mol. The lowest BCUT2D eigenvalue weighted by atomic mass is 9.42. The van der Waals surface area contributed by atoms with Crippen LogP contribution in [0.15, 0.2) is 11.6 Å². The second-order valence-corrected chi connectivity index (χ2v) is 10.3. The van der Waals surface area contributed by atoms with Gasteiger partial charge in [-0.2, -0.15) is 0 Å². The highest BCUT2D eigenvalue weighted by molar-refractivity contribution is 5.66. The van der Waals surface area contributed by atoms with Gasteiger partial charge in [0.2, 0.25) is 0 Å². The number of hydrogen-bond acceptors (Lipinski definition) is 7. The third-order valence-corrected chi connectivity index (χ3v) is 8.47. The predicted octanol–water partition coefficient (Wildman–Crippen LogP) is 2.75. The molecule has 2 aliphatic carbocycles. The van der Waals surface area contributed by atoms with Crippen molar-refractivity contribution in [2.24, 2.45) is 22.7 Å². The summed E-state index contributed by atoms with van der Waals surface area (Å²) < 4.78 is 10.2. The molecule has 7 heteroatoms. The largest absolute Gasteiger partial charge is 0.462 e. The first-order chi connectivity index (χ1) is 14.3. The van der Waals surface area contributed by atoms with E-state index < -0.39 is 23.2 Å². The van der Waals surface area contributed by atoms with E-state index in [1.165, 1.54) is 13.8 Å². The zero-order chi connectivity index (χ0) is 23.6. The number of carbonyl (C=O) groups excluding carboxylic acids is 2. The lowest BCUT2D eigenvalue weighted by Gasteiger charge is -2.64. The van der Waals surface area contributed by atoms with E-state index in [1.807, 2.05) is 6.92 Å². The van der Waals surface area contributed by atoms with Crippen molar-refractivity contribution in [1.29, 1.82) is 0 Å².